The van der Waals surface area contributed by atoms with Gasteiger partial charge < -0.3 is 20.3 Å². The van der Waals surface area contributed by atoms with E-state index in [9.17, 15) is 9.90 Å². The van der Waals surface area contributed by atoms with Gasteiger partial charge in [-0.15, -0.1) is 11.3 Å². The van der Waals surface area contributed by atoms with Crippen LogP contribution in [0.25, 0.3) is 0 Å². The van der Waals surface area contributed by atoms with E-state index in [1.807, 2.05) is 25.1 Å². The van der Waals surface area contributed by atoms with Gasteiger partial charge in [-0.3, -0.25) is 0 Å². The summed E-state index contributed by atoms with van der Waals surface area (Å²) in [6, 6.07) is 7.17. The van der Waals surface area contributed by atoms with Crippen molar-refractivity contribution in [3.05, 3.63) is 45.6 Å². The predicted molar refractivity (Wildman–Crippen MR) is 82.1 cm³/mol. The third-order valence-corrected chi connectivity index (χ3v) is 3.83. The number of hydrogen-bond acceptors (Lipinski definition) is 5. The summed E-state index contributed by atoms with van der Waals surface area (Å²) in [6.07, 6.45) is 0. The van der Waals surface area contributed by atoms with Crippen molar-refractivity contribution in [3.8, 4) is 5.75 Å². The maximum atomic E-state index is 10.8. The monoisotopic (exact) mass is 307 g/mol. The molecular weight excluding hydrogens is 290 g/mol. The molecule has 21 heavy (non-hydrogen) atoms. The highest BCUT2D eigenvalue weighted by atomic mass is 32.1. The Kier molecular flexibility index (Phi) is 5.19. The zero-order valence-electron chi connectivity index (χ0n) is 11.6. The molecule has 3 N–H and O–H groups in total. The Labute approximate surface area is 126 Å². The number of ether oxygens (including phenoxy) is 1. The lowest BCUT2D eigenvalue weighted by molar-refractivity contribution is 0.0697. The fourth-order valence-electron chi connectivity index (χ4n) is 1.88. The summed E-state index contributed by atoms with van der Waals surface area (Å²) in [6.45, 7) is 2.89. The summed E-state index contributed by atoms with van der Waals surface area (Å²) in [5, 5.41) is 23.1. The zero-order valence-corrected chi connectivity index (χ0v) is 12.4. The second-order valence-electron chi connectivity index (χ2n) is 4.37. The number of rotatable bonds is 7. The molecule has 0 aliphatic carbocycles. The lowest BCUT2D eigenvalue weighted by Gasteiger charge is -2.11. The maximum Gasteiger partial charge on any atom is 0.336 e. The van der Waals surface area contributed by atoms with Crippen molar-refractivity contribution in [1.29, 1.82) is 0 Å². The van der Waals surface area contributed by atoms with Gasteiger partial charge in [-0.05, 0) is 31.2 Å². The van der Waals surface area contributed by atoms with E-state index < -0.39 is 5.97 Å². The average Bonchev–Trinajstić information content (AvgIpc) is 2.95. The number of carboxylic acid groups (broad SMARTS) is 1. The zero-order chi connectivity index (χ0) is 15.2. The normalized spacial score (nSPS) is 10.4. The molecule has 0 saturated carbocycles. The molecule has 0 saturated heterocycles. The molecule has 1 aromatic heterocycles. The Morgan fingerprint density at radius 1 is 1.38 bits per heavy atom. The van der Waals surface area contributed by atoms with Crippen LogP contribution in [0.3, 0.4) is 0 Å². The number of benzene rings is 1. The van der Waals surface area contributed by atoms with Gasteiger partial charge in [0, 0.05) is 28.1 Å². The van der Waals surface area contributed by atoms with Crippen LogP contribution < -0.4 is 10.1 Å². The van der Waals surface area contributed by atoms with Gasteiger partial charge in [0.05, 0.1) is 18.8 Å². The SMILES string of the molecule is CCOc1ccc(NCc2cc(C(=O)O)cs2)cc1CO. The quantitative estimate of drug-likeness (QED) is 0.733. The Hall–Kier alpha value is -2.05. The van der Waals surface area contributed by atoms with Crippen molar-refractivity contribution in [2.45, 2.75) is 20.1 Å². The van der Waals surface area contributed by atoms with Crippen LogP contribution in [0.2, 0.25) is 0 Å². The number of aromatic carboxylic acids is 1. The Balaban J connectivity index is 2.03. The van der Waals surface area contributed by atoms with E-state index in [2.05, 4.69) is 5.32 Å². The molecule has 0 aliphatic rings. The van der Waals surface area contributed by atoms with Crippen molar-refractivity contribution in [1.82, 2.24) is 0 Å². The van der Waals surface area contributed by atoms with Gasteiger partial charge in [0.25, 0.3) is 0 Å². The van der Waals surface area contributed by atoms with Crippen LogP contribution in [0.5, 0.6) is 5.75 Å². The summed E-state index contributed by atoms with van der Waals surface area (Å²) in [7, 11) is 0. The first-order valence-corrected chi connectivity index (χ1v) is 7.43. The van der Waals surface area contributed by atoms with Crippen molar-refractivity contribution in [2.75, 3.05) is 11.9 Å². The Morgan fingerprint density at radius 3 is 2.81 bits per heavy atom. The molecule has 1 aromatic carbocycles. The van der Waals surface area contributed by atoms with E-state index >= 15 is 0 Å². The first-order valence-electron chi connectivity index (χ1n) is 6.55. The number of carbonyl (C=O) groups is 1. The highest BCUT2D eigenvalue weighted by molar-refractivity contribution is 7.10. The van der Waals surface area contributed by atoms with Crippen LogP contribution in [-0.4, -0.2) is 22.8 Å². The summed E-state index contributed by atoms with van der Waals surface area (Å²) in [5.41, 5.74) is 1.88. The molecule has 0 spiro atoms. The number of hydrogen-bond donors (Lipinski definition) is 3. The first-order chi connectivity index (χ1) is 10.1. The van der Waals surface area contributed by atoms with Crippen LogP contribution in [-0.2, 0) is 13.2 Å². The van der Waals surface area contributed by atoms with E-state index in [-0.39, 0.29) is 6.61 Å². The number of nitrogens with one attached hydrogen (secondary N) is 1. The van der Waals surface area contributed by atoms with Gasteiger partial charge in [-0.25, -0.2) is 4.79 Å². The predicted octanol–water partition coefficient (Wildman–Crippen LogP) is 2.95. The second kappa shape index (κ2) is 7.10. The van der Waals surface area contributed by atoms with Crippen molar-refractivity contribution < 1.29 is 19.7 Å². The van der Waals surface area contributed by atoms with E-state index in [1.54, 1.807) is 11.4 Å². The van der Waals surface area contributed by atoms with Crippen molar-refractivity contribution in [2.24, 2.45) is 0 Å². The second-order valence-corrected chi connectivity index (χ2v) is 5.37. The summed E-state index contributed by atoms with van der Waals surface area (Å²) < 4.78 is 5.42. The van der Waals surface area contributed by atoms with E-state index in [1.165, 1.54) is 11.3 Å². The Morgan fingerprint density at radius 2 is 2.19 bits per heavy atom. The topological polar surface area (TPSA) is 78.8 Å². The van der Waals surface area contributed by atoms with Crippen LogP contribution >= 0.6 is 11.3 Å². The Bertz CT molecular complexity index is 624. The lowest BCUT2D eigenvalue weighted by Crippen LogP contribution is -2.01. The molecule has 5 nitrogen and oxygen atoms in total. The molecule has 0 radical (unpaired) electrons. The van der Waals surface area contributed by atoms with Crippen LogP contribution in [0.4, 0.5) is 5.69 Å². The highest BCUT2D eigenvalue weighted by Crippen LogP contribution is 2.24. The maximum absolute atomic E-state index is 10.8. The molecule has 2 aromatic rings. The standard InChI is InChI=1S/C15H17NO4S/c1-2-20-14-4-3-12(5-10(14)8-17)16-7-13-6-11(9-21-13)15(18)19/h3-6,9,16-17H,2,7-8H2,1H3,(H,18,19). The molecule has 1 heterocycles. The minimum Gasteiger partial charge on any atom is -0.494 e. The summed E-state index contributed by atoms with van der Waals surface area (Å²) >= 11 is 1.40. The summed E-state index contributed by atoms with van der Waals surface area (Å²) in [5.74, 6) is -0.240. The minimum atomic E-state index is -0.916. The van der Waals surface area contributed by atoms with Crippen molar-refractivity contribution >= 4 is 23.0 Å². The molecule has 0 aliphatic heterocycles. The number of aliphatic hydroxyl groups excluding tert-OH is 1. The van der Waals surface area contributed by atoms with E-state index in [4.69, 9.17) is 9.84 Å². The molecule has 0 atom stereocenters. The molecule has 0 unspecified atom stereocenters. The van der Waals surface area contributed by atoms with E-state index in [0.717, 1.165) is 16.1 Å². The number of carboxylic acids is 1. The average molecular weight is 307 g/mol. The molecule has 2 rings (SSSR count). The van der Waals surface area contributed by atoms with Crippen LogP contribution in [0.1, 0.15) is 27.7 Å². The molecule has 0 bridgehead atoms. The smallest absolute Gasteiger partial charge is 0.336 e. The van der Waals surface area contributed by atoms with Crippen LogP contribution in [0.15, 0.2) is 29.6 Å². The van der Waals surface area contributed by atoms with E-state index in [0.29, 0.717) is 24.5 Å². The third-order valence-electron chi connectivity index (χ3n) is 2.90. The fourth-order valence-corrected chi connectivity index (χ4v) is 2.68. The highest BCUT2D eigenvalue weighted by Gasteiger charge is 2.07. The van der Waals surface area contributed by atoms with Crippen molar-refractivity contribution in [3.63, 3.8) is 0 Å². The minimum absolute atomic E-state index is 0.0903. The number of anilines is 1. The molecule has 0 fully saturated rings. The van der Waals surface area contributed by atoms with Gasteiger partial charge in [-0.1, -0.05) is 0 Å². The van der Waals surface area contributed by atoms with Gasteiger partial charge in [0.1, 0.15) is 5.75 Å². The molecule has 0 amide bonds. The van der Waals surface area contributed by atoms with Gasteiger partial charge in [-0.2, -0.15) is 0 Å². The fraction of sp³-hybridized carbons (Fsp3) is 0.267. The molecule has 112 valence electrons. The van der Waals surface area contributed by atoms with Crippen LogP contribution in [0, 0.1) is 0 Å². The molecular formula is C15H17NO4S. The third kappa shape index (κ3) is 3.96. The lowest BCUT2D eigenvalue weighted by atomic mass is 10.2. The van der Waals surface area contributed by atoms with Gasteiger partial charge in [0.2, 0.25) is 0 Å². The number of thiophene rings is 1. The summed E-state index contributed by atoms with van der Waals surface area (Å²) in [4.78, 5) is 11.8. The number of aliphatic hydroxyl groups is 1. The molecule has 6 heteroatoms. The van der Waals surface area contributed by atoms with Gasteiger partial charge in [0.15, 0.2) is 0 Å². The first kappa shape index (κ1) is 15.3. The van der Waals surface area contributed by atoms with Gasteiger partial charge >= 0.3 is 5.97 Å². The largest absolute Gasteiger partial charge is 0.494 e.